The van der Waals surface area contributed by atoms with Gasteiger partial charge in [0, 0.05) is 19.3 Å². The number of carbonyl (C=O) groups is 3. The SMILES string of the molecule is CCCCCCCCCCCCCCCCCCCCCCC(=O)OCC(COC(=O)CCCCCCCCCCCCCCCCC)OC(=O)CCCCCCCCCCCCCCCCCCCC. The highest BCUT2D eigenvalue weighted by Gasteiger charge is 2.19. The number of ether oxygens (including phenoxy) is 3. The first-order valence-corrected chi connectivity index (χ1v) is 32.5. The molecule has 1 unspecified atom stereocenters. The number of hydrogen-bond acceptors (Lipinski definition) is 6. The number of unbranched alkanes of at least 4 members (excludes halogenated alkanes) is 50. The molecule has 0 spiro atoms. The molecule has 0 saturated heterocycles. The molecule has 0 radical (unpaired) electrons. The van der Waals surface area contributed by atoms with Gasteiger partial charge >= 0.3 is 17.9 Å². The van der Waals surface area contributed by atoms with E-state index < -0.39 is 6.10 Å². The van der Waals surface area contributed by atoms with Gasteiger partial charge in [-0.3, -0.25) is 14.4 Å². The Bertz CT molecular complexity index is 1060. The molecule has 0 aromatic heterocycles. The summed E-state index contributed by atoms with van der Waals surface area (Å²) in [6, 6.07) is 0. The summed E-state index contributed by atoms with van der Waals surface area (Å²) in [5.74, 6) is -0.823. The van der Waals surface area contributed by atoms with Crippen LogP contribution in [0.25, 0.3) is 0 Å². The highest BCUT2D eigenvalue weighted by Crippen LogP contribution is 2.19. The van der Waals surface area contributed by atoms with Gasteiger partial charge in [0.2, 0.25) is 0 Å². The predicted octanol–water partition coefficient (Wildman–Crippen LogP) is 21.9. The van der Waals surface area contributed by atoms with E-state index in [1.165, 1.54) is 283 Å². The van der Waals surface area contributed by atoms with Crippen molar-refractivity contribution in [2.24, 2.45) is 0 Å². The molecule has 71 heavy (non-hydrogen) atoms. The van der Waals surface area contributed by atoms with E-state index in [9.17, 15) is 14.4 Å². The van der Waals surface area contributed by atoms with Crippen molar-refractivity contribution < 1.29 is 28.6 Å². The molecule has 0 aliphatic rings. The molecule has 1 atom stereocenters. The van der Waals surface area contributed by atoms with E-state index in [2.05, 4.69) is 20.8 Å². The van der Waals surface area contributed by atoms with Crippen molar-refractivity contribution in [2.45, 2.75) is 386 Å². The number of carbonyl (C=O) groups excluding carboxylic acids is 3. The van der Waals surface area contributed by atoms with Gasteiger partial charge in [0.1, 0.15) is 13.2 Å². The molecule has 0 heterocycles. The van der Waals surface area contributed by atoms with Gasteiger partial charge in [-0.25, -0.2) is 0 Å². The Morgan fingerprint density at radius 2 is 0.380 bits per heavy atom. The van der Waals surface area contributed by atoms with E-state index in [1.54, 1.807) is 0 Å². The number of esters is 3. The van der Waals surface area contributed by atoms with Crippen LogP contribution in [0.4, 0.5) is 0 Å². The highest BCUT2D eigenvalue weighted by atomic mass is 16.6. The monoisotopic (exact) mass is 1000 g/mol. The number of rotatable bonds is 61. The number of hydrogen-bond donors (Lipinski definition) is 0. The summed E-state index contributed by atoms with van der Waals surface area (Å²) in [6.07, 6.45) is 69.6. The third-order valence-electron chi connectivity index (χ3n) is 15.1. The van der Waals surface area contributed by atoms with Gasteiger partial charge in [-0.2, -0.15) is 0 Å². The fraction of sp³-hybridized carbons (Fsp3) is 0.954. The lowest BCUT2D eigenvalue weighted by Gasteiger charge is -2.18. The smallest absolute Gasteiger partial charge is 0.306 e. The minimum Gasteiger partial charge on any atom is -0.462 e. The summed E-state index contributed by atoms with van der Waals surface area (Å²) in [5.41, 5.74) is 0. The molecular weight excluding hydrogens is 877 g/mol. The Morgan fingerprint density at radius 3 is 0.563 bits per heavy atom. The van der Waals surface area contributed by atoms with Crippen molar-refractivity contribution >= 4 is 17.9 Å². The first-order valence-electron chi connectivity index (χ1n) is 32.5. The van der Waals surface area contributed by atoms with Crippen molar-refractivity contribution in [2.75, 3.05) is 13.2 Å². The molecule has 0 aliphatic heterocycles. The fourth-order valence-corrected chi connectivity index (χ4v) is 10.2. The topological polar surface area (TPSA) is 78.9 Å². The molecule has 0 fully saturated rings. The summed E-state index contributed by atoms with van der Waals surface area (Å²) in [7, 11) is 0. The summed E-state index contributed by atoms with van der Waals surface area (Å²) in [5, 5.41) is 0. The van der Waals surface area contributed by atoms with E-state index in [4.69, 9.17) is 14.2 Å². The lowest BCUT2D eigenvalue weighted by Crippen LogP contribution is -2.30. The van der Waals surface area contributed by atoms with Gasteiger partial charge in [-0.1, -0.05) is 342 Å². The Morgan fingerprint density at radius 1 is 0.225 bits per heavy atom. The Kier molecular flexibility index (Phi) is 59.6. The Balaban J connectivity index is 4.26. The van der Waals surface area contributed by atoms with Crippen molar-refractivity contribution in [1.82, 2.24) is 0 Å². The molecule has 0 aromatic carbocycles. The van der Waals surface area contributed by atoms with E-state index in [0.29, 0.717) is 19.3 Å². The van der Waals surface area contributed by atoms with Gasteiger partial charge in [-0.05, 0) is 19.3 Å². The second-order valence-corrected chi connectivity index (χ2v) is 22.4. The molecule has 0 bridgehead atoms. The molecule has 0 amide bonds. The van der Waals surface area contributed by atoms with Gasteiger partial charge < -0.3 is 14.2 Å². The van der Waals surface area contributed by atoms with Crippen molar-refractivity contribution in [1.29, 1.82) is 0 Å². The lowest BCUT2D eigenvalue weighted by molar-refractivity contribution is -0.167. The first kappa shape index (κ1) is 69.4. The largest absolute Gasteiger partial charge is 0.462 e. The van der Waals surface area contributed by atoms with E-state index in [-0.39, 0.29) is 31.1 Å². The van der Waals surface area contributed by atoms with Crippen molar-refractivity contribution in [3.05, 3.63) is 0 Å². The molecule has 422 valence electrons. The molecule has 0 N–H and O–H groups in total. The van der Waals surface area contributed by atoms with Crippen LogP contribution in [0.15, 0.2) is 0 Å². The van der Waals surface area contributed by atoms with E-state index in [0.717, 1.165) is 57.8 Å². The molecule has 0 saturated carbocycles. The normalized spacial score (nSPS) is 11.9. The minimum absolute atomic E-state index is 0.0604. The summed E-state index contributed by atoms with van der Waals surface area (Å²) in [4.78, 5) is 38.3. The van der Waals surface area contributed by atoms with Crippen molar-refractivity contribution in [3.63, 3.8) is 0 Å². The van der Waals surface area contributed by atoms with Crippen molar-refractivity contribution in [3.8, 4) is 0 Å². The fourth-order valence-electron chi connectivity index (χ4n) is 10.2. The second kappa shape index (κ2) is 61.0. The average Bonchev–Trinajstić information content (AvgIpc) is 3.37. The second-order valence-electron chi connectivity index (χ2n) is 22.4. The van der Waals surface area contributed by atoms with Gasteiger partial charge in [-0.15, -0.1) is 0 Å². The van der Waals surface area contributed by atoms with Crippen LogP contribution in [0.5, 0.6) is 0 Å². The zero-order valence-corrected chi connectivity index (χ0v) is 48.5. The third-order valence-corrected chi connectivity index (χ3v) is 15.1. The van der Waals surface area contributed by atoms with Gasteiger partial charge in [0.15, 0.2) is 6.10 Å². The maximum atomic E-state index is 12.9. The van der Waals surface area contributed by atoms with Crippen LogP contribution in [0, 0.1) is 0 Å². The van der Waals surface area contributed by atoms with Crippen LogP contribution in [-0.2, 0) is 28.6 Å². The van der Waals surface area contributed by atoms with E-state index >= 15 is 0 Å². The zero-order chi connectivity index (χ0) is 51.4. The van der Waals surface area contributed by atoms with Crippen LogP contribution in [0.3, 0.4) is 0 Å². The van der Waals surface area contributed by atoms with Gasteiger partial charge in [0.05, 0.1) is 0 Å². The van der Waals surface area contributed by atoms with Crippen LogP contribution in [0.1, 0.15) is 380 Å². The van der Waals surface area contributed by atoms with Crippen LogP contribution >= 0.6 is 0 Å². The minimum atomic E-state index is -0.762. The molecule has 0 aromatic rings. The lowest BCUT2D eigenvalue weighted by atomic mass is 10.0. The van der Waals surface area contributed by atoms with Crippen LogP contribution in [-0.4, -0.2) is 37.2 Å². The zero-order valence-electron chi connectivity index (χ0n) is 48.5. The first-order chi connectivity index (χ1) is 35.0. The van der Waals surface area contributed by atoms with Crippen LogP contribution in [0.2, 0.25) is 0 Å². The molecule has 0 aliphatic carbocycles. The highest BCUT2D eigenvalue weighted by molar-refractivity contribution is 5.71. The molecular formula is C65H126O6. The summed E-state index contributed by atoms with van der Waals surface area (Å²) in [6.45, 7) is 6.73. The summed E-state index contributed by atoms with van der Waals surface area (Å²) >= 11 is 0. The maximum absolute atomic E-state index is 12.9. The molecule has 6 heteroatoms. The average molecular weight is 1000 g/mol. The van der Waals surface area contributed by atoms with Gasteiger partial charge in [0.25, 0.3) is 0 Å². The Labute approximate surface area is 444 Å². The summed E-state index contributed by atoms with van der Waals surface area (Å²) < 4.78 is 17.0. The van der Waals surface area contributed by atoms with E-state index in [1.807, 2.05) is 0 Å². The Hall–Kier alpha value is -1.59. The molecule has 6 nitrogen and oxygen atoms in total. The predicted molar refractivity (Wildman–Crippen MR) is 307 cm³/mol. The quantitative estimate of drug-likeness (QED) is 0.0343. The standard InChI is InChI=1S/C65H126O6/c1-4-7-10-13-16-19-22-25-28-30-32-33-35-37-40-43-46-49-52-55-58-64(67)70-61-62(60-69-63(66)57-54-51-48-45-42-39-36-27-24-21-18-15-12-9-6-3)71-65(68)59-56-53-50-47-44-41-38-34-31-29-26-23-20-17-14-11-8-5-2/h62H,4-61H2,1-3H3. The molecule has 0 rings (SSSR count). The third kappa shape index (κ3) is 59.2. The van der Waals surface area contributed by atoms with Crippen LogP contribution < -0.4 is 0 Å². The maximum Gasteiger partial charge on any atom is 0.306 e.